The first-order valence-electron chi connectivity index (χ1n) is 10.6. The monoisotopic (exact) mass is 436 g/mol. The minimum Gasteiger partial charge on any atom is -0.348 e. The molecule has 1 fully saturated rings. The van der Waals surface area contributed by atoms with Crippen LogP contribution in [0.1, 0.15) is 45.0 Å². The van der Waals surface area contributed by atoms with Crippen LogP contribution in [-0.4, -0.2) is 23.9 Å². The SMILES string of the molecule is Cc1c(Cl)cccc1C(=O)NCc1cccc(C2CCN(Cc3ccc(F)cc3)C2)c1. The summed E-state index contributed by atoms with van der Waals surface area (Å²) in [4.78, 5) is 15.0. The molecule has 1 saturated heterocycles. The number of benzene rings is 3. The molecular weight excluding hydrogens is 411 g/mol. The second kappa shape index (κ2) is 9.63. The molecule has 0 bridgehead atoms. The molecule has 0 aromatic heterocycles. The first-order valence-corrected chi connectivity index (χ1v) is 11.0. The predicted octanol–water partition coefficient (Wildman–Crippen LogP) is 5.71. The van der Waals surface area contributed by atoms with Gasteiger partial charge in [0.2, 0.25) is 0 Å². The summed E-state index contributed by atoms with van der Waals surface area (Å²) in [5, 5.41) is 3.61. The van der Waals surface area contributed by atoms with Gasteiger partial charge >= 0.3 is 0 Å². The summed E-state index contributed by atoms with van der Waals surface area (Å²) in [7, 11) is 0. The van der Waals surface area contributed by atoms with Gasteiger partial charge in [0, 0.05) is 30.2 Å². The molecule has 160 valence electrons. The second-order valence-corrected chi connectivity index (χ2v) is 8.59. The highest BCUT2D eigenvalue weighted by Crippen LogP contribution is 2.29. The summed E-state index contributed by atoms with van der Waals surface area (Å²) in [6, 6.07) is 20.6. The van der Waals surface area contributed by atoms with Gasteiger partial charge < -0.3 is 5.32 Å². The van der Waals surface area contributed by atoms with Gasteiger partial charge in [-0.25, -0.2) is 4.39 Å². The quantitative estimate of drug-likeness (QED) is 0.537. The molecule has 1 N–H and O–H groups in total. The molecule has 3 nitrogen and oxygen atoms in total. The molecular formula is C26H26ClFN2O. The van der Waals surface area contributed by atoms with E-state index in [0.29, 0.717) is 23.0 Å². The van der Waals surface area contributed by atoms with Crippen LogP contribution in [0.4, 0.5) is 4.39 Å². The molecule has 3 aromatic carbocycles. The molecule has 1 unspecified atom stereocenters. The van der Waals surface area contributed by atoms with Crippen LogP contribution in [0.2, 0.25) is 5.02 Å². The largest absolute Gasteiger partial charge is 0.348 e. The fourth-order valence-corrected chi connectivity index (χ4v) is 4.36. The van der Waals surface area contributed by atoms with Crippen LogP contribution in [0.25, 0.3) is 0 Å². The maximum atomic E-state index is 13.1. The number of amides is 1. The van der Waals surface area contributed by atoms with Crippen molar-refractivity contribution in [3.05, 3.63) is 105 Å². The lowest BCUT2D eigenvalue weighted by atomic mass is 9.96. The Morgan fingerprint density at radius 3 is 2.68 bits per heavy atom. The molecule has 1 atom stereocenters. The van der Waals surface area contributed by atoms with Crippen molar-refractivity contribution in [1.29, 1.82) is 0 Å². The number of hydrogen-bond acceptors (Lipinski definition) is 2. The number of carbonyl (C=O) groups excluding carboxylic acids is 1. The summed E-state index contributed by atoms with van der Waals surface area (Å²) in [6.07, 6.45) is 1.10. The highest BCUT2D eigenvalue weighted by atomic mass is 35.5. The van der Waals surface area contributed by atoms with E-state index in [9.17, 15) is 9.18 Å². The molecule has 0 spiro atoms. The van der Waals surface area contributed by atoms with E-state index in [0.717, 1.165) is 42.7 Å². The lowest BCUT2D eigenvalue weighted by Crippen LogP contribution is -2.23. The first kappa shape index (κ1) is 21.5. The zero-order valence-corrected chi connectivity index (χ0v) is 18.3. The van der Waals surface area contributed by atoms with Crippen LogP contribution in [0, 0.1) is 12.7 Å². The molecule has 3 aromatic rings. The standard InChI is InChI=1S/C26H26ClFN2O/c1-18-24(6-3-7-25(18)27)26(31)29-15-20-4-2-5-21(14-20)22-12-13-30(17-22)16-19-8-10-23(28)11-9-19/h2-11,14,22H,12-13,15-17H2,1H3,(H,29,31). The van der Waals surface area contributed by atoms with E-state index in [4.69, 9.17) is 11.6 Å². The molecule has 1 aliphatic heterocycles. The lowest BCUT2D eigenvalue weighted by Gasteiger charge is -2.17. The highest BCUT2D eigenvalue weighted by Gasteiger charge is 2.24. The maximum absolute atomic E-state index is 13.1. The fraction of sp³-hybridized carbons (Fsp3) is 0.269. The van der Waals surface area contributed by atoms with Crippen molar-refractivity contribution in [2.24, 2.45) is 0 Å². The number of nitrogens with zero attached hydrogens (tertiary/aromatic N) is 1. The van der Waals surface area contributed by atoms with Crippen molar-refractivity contribution >= 4 is 17.5 Å². The molecule has 0 radical (unpaired) electrons. The van der Waals surface area contributed by atoms with Gasteiger partial charge in [0.1, 0.15) is 5.82 Å². The Labute approximate surface area is 187 Å². The van der Waals surface area contributed by atoms with Gasteiger partial charge in [-0.2, -0.15) is 0 Å². The minimum atomic E-state index is -0.197. The van der Waals surface area contributed by atoms with E-state index in [-0.39, 0.29) is 11.7 Å². The van der Waals surface area contributed by atoms with Crippen LogP contribution in [-0.2, 0) is 13.1 Å². The Morgan fingerprint density at radius 1 is 1.10 bits per heavy atom. The van der Waals surface area contributed by atoms with Gasteiger partial charge in [-0.3, -0.25) is 9.69 Å². The molecule has 1 heterocycles. The number of hydrogen-bond donors (Lipinski definition) is 1. The Hall–Kier alpha value is -2.69. The predicted molar refractivity (Wildman–Crippen MR) is 123 cm³/mol. The third kappa shape index (κ3) is 5.33. The summed E-state index contributed by atoms with van der Waals surface area (Å²) < 4.78 is 13.1. The van der Waals surface area contributed by atoms with Gasteiger partial charge in [-0.15, -0.1) is 0 Å². The molecule has 1 amide bonds. The van der Waals surface area contributed by atoms with E-state index in [1.54, 1.807) is 18.2 Å². The normalized spacial score (nSPS) is 16.4. The van der Waals surface area contributed by atoms with E-state index < -0.39 is 0 Å². The van der Waals surface area contributed by atoms with E-state index >= 15 is 0 Å². The van der Waals surface area contributed by atoms with Gasteiger partial charge in [-0.05, 0) is 72.3 Å². The Balaban J connectivity index is 1.35. The number of halogens is 2. The smallest absolute Gasteiger partial charge is 0.251 e. The summed E-state index contributed by atoms with van der Waals surface area (Å²) in [5.74, 6) is 0.153. The van der Waals surface area contributed by atoms with Gasteiger partial charge in [-0.1, -0.05) is 54.1 Å². The number of carbonyl (C=O) groups is 1. The van der Waals surface area contributed by atoms with Crippen molar-refractivity contribution in [3.8, 4) is 0 Å². The van der Waals surface area contributed by atoms with Crippen LogP contribution < -0.4 is 5.32 Å². The number of nitrogens with one attached hydrogen (secondary N) is 1. The third-order valence-corrected chi connectivity index (χ3v) is 6.39. The van der Waals surface area contributed by atoms with Crippen LogP contribution in [0.3, 0.4) is 0 Å². The van der Waals surface area contributed by atoms with E-state index in [1.165, 1.54) is 17.7 Å². The van der Waals surface area contributed by atoms with Crippen molar-refractivity contribution in [2.45, 2.75) is 32.4 Å². The van der Waals surface area contributed by atoms with Crippen LogP contribution in [0.5, 0.6) is 0 Å². The van der Waals surface area contributed by atoms with Crippen molar-refractivity contribution < 1.29 is 9.18 Å². The van der Waals surface area contributed by atoms with Crippen LogP contribution in [0.15, 0.2) is 66.7 Å². The van der Waals surface area contributed by atoms with E-state index in [2.05, 4.69) is 28.4 Å². The van der Waals surface area contributed by atoms with Crippen molar-refractivity contribution in [1.82, 2.24) is 10.2 Å². The lowest BCUT2D eigenvalue weighted by molar-refractivity contribution is 0.0950. The molecule has 0 aliphatic carbocycles. The first-order chi connectivity index (χ1) is 15.0. The number of rotatable bonds is 6. The zero-order valence-electron chi connectivity index (χ0n) is 17.6. The molecule has 1 aliphatic rings. The van der Waals surface area contributed by atoms with Gasteiger partial charge in [0.15, 0.2) is 0 Å². The molecule has 0 saturated carbocycles. The Morgan fingerprint density at radius 2 is 1.87 bits per heavy atom. The maximum Gasteiger partial charge on any atom is 0.251 e. The zero-order chi connectivity index (χ0) is 21.8. The molecule has 4 rings (SSSR count). The average Bonchev–Trinajstić information content (AvgIpc) is 3.24. The van der Waals surface area contributed by atoms with Gasteiger partial charge in [0.05, 0.1) is 0 Å². The van der Waals surface area contributed by atoms with Crippen LogP contribution >= 0.6 is 11.6 Å². The average molecular weight is 437 g/mol. The molecule has 31 heavy (non-hydrogen) atoms. The Bertz CT molecular complexity index is 1070. The Kier molecular flexibility index (Phi) is 6.69. The topological polar surface area (TPSA) is 32.3 Å². The summed E-state index contributed by atoms with van der Waals surface area (Å²) >= 11 is 6.14. The molecule has 5 heteroatoms. The fourth-order valence-electron chi connectivity index (χ4n) is 4.18. The van der Waals surface area contributed by atoms with E-state index in [1.807, 2.05) is 25.1 Å². The third-order valence-electron chi connectivity index (χ3n) is 5.98. The van der Waals surface area contributed by atoms with Gasteiger partial charge in [0.25, 0.3) is 5.91 Å². The summed E-state index contributed by atoms with van der Waals surface area (Å²) in [5.41, 5.74) is 4.92. The van der Waals surface area contributed by atoms with Crippen molar-refractivity contribution in [3.63, 3.8) is 0 Å². The summed E-state index contributed by atoms with van der Waals surface area (Å²) in [6.45, 7) is 5.18. The second-order valence-electron chi connectivity index (χ2n) is 8.19. The van der Waals surface area contributed by atoms with Crippen molar-refractivity contribution in [2.75, 3.05) is 13.1 Å². The minimum absolute atomic E-state index is 0.114. The number of likely N-dealkylation sites (tertiary alicyclic amines) is 1. The highest BCUT2D eigenvalue weighted by molar-refractivity contribution is 6.31.